The number of alkyl halides is 1. The van der Waals surface area contributed by atoms with Crippen LogP contribution in [0.5, 0.6) is 0 Å². The van der Waals surface area contributed by atoms with Crippen molar-refractivity contribution in [1.29, 1.82) is 0 Å². The standard InChI is InChI=1S/C12H18ClNS/c13-12-5-1-3-10(12)9-14-7-6-11-4-2-8-15-11/h2,4,8,10,12,14H,1,3,5-7,9H2. The van der Waals surface area contributed by atoms with Gasteiger partial charge in [0.05, 0.1) is 0 Å². The van der Waals surface area contributed by atoms with Crippen LogP contribution in [0.1, 0.15) is 24.1 Å². The second kappa shape index (κ2) is 5.88. The quantitative estimate of drug-likeness (QED) is 0.618. The monoisotopic (exact) mass is 243 g/mol. The molecule has 3 heteroatoms. The summed E-state index contributed by atoms with van der Waals surface area (Å²) in [6.07, 6.45) is 4.97. The van der Waals surface area contributed by atoms with Crippen LogP contribution in [-0.2, 0) is 6.42 Å². The Hall–Kier alpha value is -0.0500. The molecule has 2 unspecified atom stereocenters. The average Bonchev–Trinajstić information content (AvgIpc) is 2.85. The lowest BCUT2D eigenvalue weighted by Crippen LogP contribution is -2.27. The Balaban J connectivity index is 1.59. The molecule has 0 aromatic carbocycles. The molecule has 2 rings (SSSR count). The minimum absolute atomic E-state index is 0.416. The van der Waals surface area contributed by atoms with E-state index in [-0.39, 0.29) is 0 Å². The lowest BCUT2D eigenvalue weighted by atomic mass is 10.1. The molecule has 0 bridgehead atoms. The van der Waals surface area contributed by atoms with Crippen LogP contribution >= 0.6 is 22.9 Å². The Kier molecular flexibility index (Phi) is 4.48. The van der Waals surface area contributed by atoms with Gasteiger partial charge in [-0.15, -0.1) is 22.9 Å². The fraction of sp³-hybridized carbons (Fsp3) is 0.667. The highest BCUT2D eigenvalue weighted by Crippen LogP contribution is 2.29. The summed E-state index contributed by atoms with van der Waals surface area (Å²) in [5, 5.41) is 6.07. The zero-order valence-corrected chi connectivity index (χ0v) is 10.5. The highest BCUT2D eigenvalue weighted by atomic mass is 35.5. The van der Waals surface area contributed by atoms with Crippen molar-refractivity contribution in [2.24, 2.45) is 5.92 Å². The molecule has 1 aliphatic rings. The maximum Gasteiger partial charge on any atom is 0.0376 e. The number of halogens is 1. The minimum Gasteiger partial charge on any atom is -0.316 e. The average molecular weight is 244 g/mol. The first-order chi connectivity index (χ1) is 7.36. The van der Waals surface area contributed by atoms with E-state index in [1.165, 1.54) is 24.1 Å². The lowest BCUT2D eigenvalue weighted by molar-refractivity contribution is 0.497. The molecule has 1 saturated carbocycles. The van der Waals surface area contributed by atoms with Crippen molar-refractivity contribution in [2.75, 3.05) is 13.1 Å². The topological polar surface area (TPSA) is 12.0 Å². The molecule has 84 valence electrons. The van der Waals surface area contributed by atoms with Gasteiger partial charge in [-0.05, 0) is 49.7 Å². The predicted molar refractivity (Wildman–Crippen MR) is 67.9 cm³/mol. The van der Waals surface area contributed by atoms with Gasteiger partial charge < -0.3 is 5.32 Å². The summed E-state index contributed by atoms with van der Waals surface area (Å²) in [5.74, 6) is 0.704. The zero-order valence-electron chi connectivity index (χ0n) is 8.92. The van der Waals surface area contributed by atoms with Gasteiger partial charge in [-0.25, -0.2) is 0 Å². The van der Waals surface area contributed by atoms with Crippen LogP contribution in [0.15, 0.2) is 17.5 Å². The van der Waals surface area contributed by atoms with Gasteiger partial charge in [0.1, 0.15) is 0 Å². The van der Waals surface area contributed by atoms with E-state index in [0.717, 1.165) is 19.5 Å². The molecule has 1 heterocycles. The SMILES string of the molecule is ClC1CCCC1CNCCc1cccs1. The van der Waals surface area contributed by atoms with Gasteiger partial charge >= 0.3 is 0 Å². The summed E-state index contributed by atoms with van der Waals surface area (Å²) >= 11 is 8.06. The Morgan fingerprint density at radius 2 is 2.40 bits per heavy atom. The third-order valence-corrected chi connectivity index (χ3v) is 4.61. The summed E-state index contributed by atoms with van der Waals surface area (Å²) in [6, 6.07) is 4.32. The van der Waals surface area contributed by atoms with Gasteiger partial charge in [-0.3, -0.25) is 0 Å². The Bertz CT molecular complexity index is 273. The van der Waals surface area contributed by atoms with Gasteiger partial charge in [0.15, 0.2) is 0 Å². The molecule has 15 heavy (non-hydrogen) atoms. The fourth-order valence-corrected chi connectivity index (χ4v) is 3.25. The maximum absolute atomic E-state index is 6.22. The van der Waals surface area contributed by atoms with Crippen molar-refractivity contribution in [1.82, 2.24) is 5.32 Å². The van der Waals surface area contributed by atoms with Gasteiger partial charge in [-0.1, -0.05) is 12.5 Å². The van der Waals surface area contributed by atoms with Crippen LogP contribution in [0.4, 0.5) is 0 Å². The van der Waals surface area contributed by atoms with Crippen LogP contribution in [-0.4, -0.2) is 18.5 Å². The van der Waals surface area contributed by atoms with Gasteiger partial charge in [0, 0.05) is 10.3 Å². The number of rotatable bonds is 5. The molecule has 1 aromatic heterocycles. The second-order valence-electron chi connectivity index (χ2n) is 4.24. The van der Waals surface area contributed by atoms with E-state index in [1.54, 1.807) is 0 Å². The van der Waals surface area contributed by atoms with Crippen molar-refractivity contribution in [2.45, 2.75) is 31.1 Å². The van der Waals surface area contributed by atoms with Crippen LogP contribution in [0.3, 0.4) is 0 Å². The molecule has 1 fully saturated rings. The summed E-state index contributed by atoms with van der Waals surface area (Å²) in [6.45, 7) is 2.18. The normalized spacial score (nSPS) is 25.9. The first kappa shape index (κ1) is 11.4. The summed E-state index contributed by atoms with van der Waals surface area (Å²) in [7, 11) is 0. The molecular formula is C12H18ClNS. The van der Waals surface area contributed by atoms with Gasteiger partial charge in [0.25, 0.3) is 0 Å². The van der Waals surface area contributed by atoms with Crippen molar-refractivity contribution >= 4 is 22.9 Å². The molecule has 1 nitrogen and oxygen atoms in total. The number of nitrogens with one attached hydrogen (secondary N) is 1. The van der Waals surface area contributed by atoms with Crippen LogP contribution in [0, 0.1) is 5.92 Å². The smallest absolute Gasteiger partial charge is 0.0376 e. The summed E-state index contributed by atoms with van der Waals surface area (Å²) < 4.78 is 0. The van der Waals surface area contributed by atoms with Crippen molar-refractivity contribution in [3.8, 4) is 0 Å². The molecule has 1 N–H and O–H groups in total. The third kappa shape index (κ3) is 3.47. The second-order valence-corrected chi connectivity index (χ2v) is 5.83. The molecule has 0 aliphatic heterocycles. The highest BCUT2D eigenvalue weighted by molar-refractivity contribution is 7.09. The van der Waals surface area contributed by atoms with E-state index < -0.39 is 0 Å². The highest BCUT2D eigenvalue weighted by Gasteiger charge is 2.24. The van der Waals surface area contributed by atoms with E-state index in [0.29, 0.717) is 11.3 Å². The molecule has 1 aromatic rings. The predicted octanol–water partition coefficient (Wildman–Crippen LogP) is 3.29. The fourth-order valence-electron chi connectivity index (χ4n) is 2.18. The van der Waals surface area contributed by atoms with Crippen LogP contribution < -0.4 is 5.32 Å². The van der Waals surface area contributed by atoms with E-state index in [9.17, 15) is 0 Å². The summed E-state index contributed by atoms with van der Waals surface area (Å²) in [4.78, 5) is 1.47. The largest absolute Gasteiger partial charge is 0.316 e. The molecular weight excluding hydrogens is 226 g/mol. The Morgan fingerprint density at radius 1 is 1.47 bits per heavy atom. The Morgan fingerprint density at radius 3 is 3.07 bits per heavy atom. The lowest BCUT2D eigenvalue weighted by Gasteiger charge is -2.13. The van der Waals surface area contributed by atoms with E-state index in [4.69, 9.17) is 11.6 Å². The zero-order chi connectivity index (χ0) is 10.5. The first-order valence-corrected chi connectivity index (χ1v) is 7.05. The third-order valence-electron chi connectivity index (χ3n) is 3.10. The molecule has 2 atom stereocenters. The molecule has 1 aliphatic carbocycles. The first-order valence-electron chi connectivity index (χ1n) is 5.73. The minimum atomic E-state index is 0.416. The molecule has 0 saturated heterocycles. The molecule has 0 radical (unpaired) electrons. The Labute approximate surface area is 101 Å². The van der Waals surface area contributed by atoms with Crippen molar-refractivity contribution in [3.05, 3.63) is 22.4 Å². The molecule has 0 spiro atoms. The molecule has 0 amide bonds. The summed E-state index contributed by atoms with van der Waals surface area (Å²) in [5.41, 5.74) is 0. The van der Waals surface area contributed by atoms with Crippen LogP contribution in [0.2, 0.25) is 0 Å². The van der Waals surface area contributed by atoms with Crippen molar-refractivity contribution < 1.29 is 0 Å². The maximum atomic E-state index is 6.22. The number of hydrogen-bond donors (Lipinski definition) is 1. The van der Waals surface area contributed by atoms with Crippen molar-refractivity contribution in [3.63, 3.8) is 0 Å². The van der Waals surface area contributed by atoms with E-state index in [2.05, 4.69) is 22.8 Å². The number of hydrogen-bond acceptors (Lipinski definition) is 2. The van der Waals surface area contributed by atoms with E-state index >= 15 is 0 Å². The van der Waals surface area contributed by atoms with Gasteiger partial charge in [0.2, 0.25) is 0 Å². The number of thiophene rings is 1. The van der Waals surface area contributed by atoms with Gasteiger partial charge in [-0.2, -0.15) is 0 Å². The van der Waals surface area contributed by atoms with Crippen LogP contribution in [0.25, 0.3) is 0 Å². The van der Waals surface area contributed by atoms with E-state index in [1.807, 2.05) is 11.3 Å².